The minimum absolute atomic E-state index is 0.0807. The first-order chi connectivity index (χ1) is 16.6. The zero-order valence-electron chi connectivity index (χ0n) is 18.9. The number of primary amides is 1. The van der Waals surface area contributed by atoms with Gasteiger partial charge in [-0.25, -0.2) is 0 Å². The number of nitrogens with two attached hydrogens (primary N) is 1. The number of amides is 1. The number of aromatic hydroxyl groups is 1. The number of rotatable bonds is 3. The lowest BCUT2D eigenvalue weighted by Gasteiger charge is -2.46. The number of hydrogen-bond acceptors (Lipinski definition) is 8. The first-order valence-corrected chi connectivity index (χ1v) is 11.4. The van der Waals surface area contributed by atoms with Crippen LogP contribution in [0.4, 0.5) is 0 Å². The van der Waals surface area contributed by atoms with Crippen LogP contribution in [-0.2, 0) is 27.2 Å². The van der Waals surface area contributed by atoms with Gasteiger partial charge in [-0.2, -0.15) is 0 Å². The Morgan fingerprint density at radius 1 is 1.20 bits per heavy atom. The molecule has 5 rings (SSSR count). The van der Waals surface area contributed by atoms with E-state index in [1.165, 1.54) is 0 Å². The number of benzene rings is 1. The molecule has 0 aliphatic heterocycles. The number of phenolic OH excluding ortho intramolecular Hbond substituents is 1. The Morgan fingerprint density at radius 3 is 2.57 bits per heavy atom. The summed E-state index contributed by atoms with van der Waals surface area (Å²) >= 11 is 0. The van der Waals surface area contributed by atoms with E-state index in [1.807, 2.05) is 19.1 Å². The highest BCUT2D eigenvalue weighted by molar-refractivity contribution is 6.22. The predicted octanol–water partition coefficient (Wildman–Crippen LogP) is 2.05. The van der Waals surface area contributed by atoms with Crippen molar-refractivity contribution < 1.29 is 34.8 Å². The van der Waals surface area contributed by atoms with Crippen LogP contribution >= 0.6 is 0 Å². The summed E-state index contributed by atoms with van der Waals surface area (Å²) < 4.78 is 0. The van der Waals surface area contributed by atoms with E-state index in [4.69, 9.17) is 5.73 Å². The number of fused-ring (bicyclic) bond motifs is 3. The molecule has 3 aliphatic rings. The summed E-state index contributed by atoms with van der Waals surface area (Å²) in [5.41, 5.74) is 4.24. The summed E-state index contributed by atoms with van der Waals surface area (Å²) in [7, 11) is 0. The zero-order valence-corrected chi connectivity index (χ0v) is 18.9. The second-order valence-electron chi connectivity index (χ2n) is 9.26. The average molecular weight is 476 g/mol. The van der Waals surface area contributed by atoms with Crippen molar-refractivity contribution in [2.75, 3.05) is 0 Å². The van der Waals surface area contributed by atoms with Gasteiger partial charge in [0.15, 0.2) is 11.4 Å². The quantitative estimate of drug-likeness (QED) is 0.419. The highest BCUT2D eigenvalue weighted by Crippen LogP contribution is 2.53. The standard InChI is InChI=1S/C26H24N2O7/c1-2-11-8-14(16-5-3-4-6-28-16)15-9-12-7-13-10-17(29)20(25(27)34)24(33)26(13,35)23(32)18(12)22(31)19(15)21(11)30/h3-6,8,12-13,30-31,33,35H,2,7,9-10H2,1H3,(H2,27,34)/t12-,13+,26+/m1/s1. The Morgan fingerprint density at radius 2 is 1.94 bits per heavy atom. The van der Waals surface area contributed by atoms with Crippen LogP contribution in [0.1, 0.15) is 36.5 Å². The smallest absolute Gasteiger partial charge is 0.255 e. The molecule has 1 aromatic carbocycles. The lowest BCUT2D eigenvalue weighted by Crippen LogP contribution is -2.58. The number of Topliss-reactive ketones (excluding diaryl/α,β-unsaturated/α-hetero) is 2. The number of ketones is 2. The van der Waals surface area contributed by atoms with Gasteiger partial charge in [-0.05, 0) is 54.5 Å². The van der Waals surface area contributed by atoms with Crippen molar-refractivity contribution in [1.29, 1.82) is 0 Å². The van der Waals surface area contributed by atoms with Gasteiger partial charge in [-0.1, -0.05) is 13.0 Å². The third-order valence-corrected chi connectivity index (χ3v) is 7.46. The van der Waals surface area contributed by atoms with Gasteiger partial charge in [0.2, 0.25) is 5.78 Å². The van der Waals surface area contributed by atoms with Crippen LogP contribution in [0.25, 0.3) is 17.0 Å². The molecule has 3 atom stereocenters. The monoisotopic (exact) mass is 476 g/mol. The number of aryl methyl sites for hydroxylation is 1. The van der Waals surface area contributed by atoms with Crippen LogP contribution in [0.5, 0.6) is 5.75 Å². The van der Waals surface area contributed by atoms with E-state index < -0.39 is 52.0 Å². The van der Waals surface area contributed by atoms with Crippen LogP contribution in [0.3, 0.4) is 0 Å². The fraction of sp³-hybridized carbons (Fsp3) is 0.308. The van der Waals surface area contributed by atoms with Gasteiger partial charge in [-0.15, -0.1) is 0 Å². The van der Waals surface area contributed by atoms with Crippen LogP contribution in [0.15, 0.2) is 47.4 Å². The normalized spacial score (nSPS) is 25.8. The molecule has 35 heavy (non-hydrogen) atoms. The van der Waals surface area contributed by atoms with E-state index in [9.17, 15) is 34.8 Å². The van der Waals surface area contributed by atoms with E-state index in [1.54, 1.807) is 18.3 Å². The van der Waals surface area contributed by atoms with E-state index in [0.717, 1.165) is 0 Å². The molecule has 0 radical (unpaired) electrons. The Labute approximate surface area is 200 Å². The molecule has 9 heteroatoms. The molecule has 180 valence electrons. The SMILES string of the molecule is CCc1cc(-c2ccccn2)c2c(c1O)C(O)=C1C(=O)[C@]3(O)C(O)=C(C(N)=O)C(=O)C[C@@H]3C[C@@H]1C2. The highest BCUT2D eigenvalue weighted by Gasteiger charge is 2.60. The van der Waals surface area contributed by atoms with Crippen LogP contribution in [-0.4, -0.2) is 48.5 Å². The summed E-state index contributed by atoms with van der Waals surface area (Å²) in [4.78, 5) is 42.3. The Hall–Kier alpha value is -3.98. The molecule has 0 spiro atoms. The number of hydrogen-bond donors (Lipinski definition) is 5. The minimum Gasteiger partial charge on any atom is -0.508 e. The molecule has 9 nitrogen and oxygen atoms in total. The number of nitrogens with zero attached hydrogens (tertiary/aromatic N) is 1. The van der Waals surface area contributed by atoms with Crippen LogP contribution in [0, 0.1) is 11.8 Å². The number of pyridine rings is 1. The van der Waals surface area contributed by atoms with Gasteiger partial charge >= 0.3 is 0 Å². The van der Waals surface area contributed by atoms with Gasteiger partial charge in [-0.3, -0.25) is 19.4 Å². The molecule has 0 bridgehead atoms. The van der Waals surface area contributed by atoms with Crippen molar-refractivity contribution in [2.45, 2.75) is 38.2 Å². The maximum absolute atomic E-state index is 13.6. The minimum atomic E-state index is -2.57. The summed E-state index contributed by atoms with van der Waals surface area (Å²) in [6.45, 7) is 1.84. The summed E-state index contributed by atoms with van der Waals surface area (Å²) in [5, 5.41) is 44.3. The fourth-order valence-electron chi connectivity index (χ4n) is 5.76. The zero-order chi connectivity index (χ0) is 25.2. The average Bonchev–Trinajstić information content (AvgIpc) is 2.82. The first kappa shape index (κ1) is 22.8. The Kier molecular flexibility index (Phi) is 5.06. The van der Waals surface area contributed by atoms with Crippen molar-refractivity contribution in [3.63, 3.8) is 0 Å². The Bertz CT molecular complexity index is 1380. The highest BCUT2D eigenvalue weighted by atomic mass is 16.3. The van der Waals surface area contributed by atoms with Gasteiger partial charge in [0, 0.05) is 29.7 Å². The largest absolute Gasteiger partial charge is 0.508 e. The summed E-state index contributed by atoms with van der Waals surface area (Å²) in [6, 6.07) is 7.21. The number of aliphatic hydroxyl groups is 3. The van der Waals surface area contributed by atoms with E-state index in [2.05, 4.69) is 4.98 Å². The van der Waals surface area contributed by atoms with Crippen LogP contribution < -0.4 is 5.73 Å². The maximum atomic E-state index is 13.6. The lowest BCUT2D eigenvalue weighted by molar-refractivity contribution is -0.147. The molecule has 1 amide bonds. The van der Waals surface area contributed by atoms with Crippen molar-refractivity contribution in [3.8, 4) is 17.0 Å². The molecule has 1 aromatic heterocycles. The van der Waals surface area contributed by atoms with E-state index >= 15 is 0 Å². The number of carbonyl (C=O) groups is 3. The molecule has 1 fully saturated rings. The maximum Gasteiger partial charge on any atom is 0.255 e. The van der Waals surface area contributed by atoms with Gasteiger partial charge in [0.1, 0.15) is 22.8 Å². The molecule has 1 saturated carbocycles. The topological polar surface area (TPSA) is 171 Å². The number of phenols is 1. The van der Waals surface area contributed by atoms with Gasteiger partial charge < -0.3 is 26.2 Å². The summed E-state index contributed by atoms with van der Waals surface area (Å²) in [5.74, 6) is -6.35. The van der Waals surface area contributed by atoms with Crippen LogP contribution in [0.2, 0.25) is 0 Å². The van der Waals surface area contributed by atoms with Gasteiger partial charge in [0.05, 0.1) is 11.3 Å². The molecule has 2 aromatic rings. The number of aromatic nitrogens is 1. The third kappa shape index (κ3) is 3.04. The molecule has 6 N–H and O–H groups in total. The number of aliphatic hydroxyl groups excluding tert-OH is 2. The molecular formula is C26H24N2O7. The first-order valence-electron chi connectivity index (χ1n) is 11.4. The fourth-order valence-corrected chi connectivity index (χ4v) is 5.76. The lowest BCUT2D eigenvalue weighted by atomic mass is 9.59. The summed E-state index contributed by atoms with van der Waals surface area (Å²) in [6.07, 6.45) is 2.04. The molecule has 1 heterocycles. The molecule has 3 aliphatic carbocycles. The van der Waals surface area contributed by atoms with Crippen molar-refractivity contribution in [3.05, 3.63) is 64.1 Å². The van der Waals surface area contributed by atoms with E-state index in [-0.39, 0.29) is 36.1 Å². The Balaban J connectivity index is 1.75. The van der Waals surface area contributed by atoms with Crippen molar-refractivity contribution in [1.82, 2.24) is 4.98 Å². The molecular weight excluding hydrogens is 452 g/mol. The second kappa shape index (κ2) is 7.78. The molecule has 0 unspecified atom stereocenters. The predicted molar refractivity (Wildman–Crippen MR) is 124 cm³/mol. The second-order valence-corrected chi connectivity index (χ2v) is 9.26. The third-order valence-electron chi connectivity index (χ3n) is 7.46. The van der Waals surface area contributed by atoms with Crippen molar-refractivity contribution >= 4 is 23.2 Å². The molecule has 0 saturated heterocycles. The van der Waals surface area contributed by atoms with Gasteiger partial charge in [0.25, 0.3) is 5.91 Å². The number of carbonyl (C=O) groups excluding carboxylic acids is 3. The van der Waals surface area contributed by atoms with E-state index in [0.29, 0.717) is 28.8 Å². The van der Waals surface area contributed by atoms with Crippen molar-refractivity contribution in [2.24, 2.45) is 17.6 Å².